The van der Waals surface area contributed by atoms with Crippen molar-refractivity contribution < 1.29 is 14.2 Å². The molecule has 2 aromatic rings. The molecular formula is C15H20ClFN6O2. The van der Waals surface area contributed by atoms with Crippen molar-refractivity contribution in [3.8, 4) is 0 Å². The number of oxime groups is 1. The van der Waals surface area contributed by atoms with Crippen LogP contribution in [0.15, 0.2) is 28.0 Å². The van der Waals surface area contributed by atoms with E-state index in [1.165, 1.54) is 18.2 Å². The Morgan fingerprint density at radius 2 is 2.20 bits per heavy atom. The molecule has 1 heterocycles. The predicted octanol–water partition coefficient (Wildman–Crippen LogP) is 2.15. The summed E-state index contributed by atoms with van der Waals surface area (Å²) in [5, 5.41) is 26.0. The first-order chi connectivity index (χ1) is 11.9. The van der Waals surface area contributed by atoms with Gasteiger partial charge in [-0.05, 0) is 44.4 Å². The summed E-state index contributed by atoms with van der Waals surface area (Å²) in [5.74, 6) is -0.529. The second kappa shape index (κ2) is 8.75. The smallest absolute Gasteiger partial charge is 0.201 e. The third kappa shape index (κ3) is 5.12. The van der Waals surface area contributed by atoms with E-state index in [4.69, 9.17) is 16.2 Å². The molecule has 0 bridgehead atoms. The number of nitrogens with zero attached hydrogens (tertiary/aromatic N) is 4. The van der Waals surface area contributed by atoms with Crippen molar-refractivity contribution >= 4 is 23.1 Å². The average molecular weight is 371 g/mol. The maximum Gasteiger partial charge on any atom is 0.201 e. The first kappa shape index (κ1) is 19.1. The van der Waals surface area contributed by atoms with Gasteiger partial charge in [0.2, 0.25) is 5.84 Å². The van der Waals surface area contributed by atoms with Crippen LogP contribution in [0.4, 0.5) is 10.1 Å². The number of hydrogen-bond acceptors (Lipinski definition) is 7. The van der Waals surface area contributed by atoms with E-state index in [0.29, 0.717) is 24.0 Å². The number of anilines is 1. The number of likely N-dealkylation sites (N-methyl/N-ethyl adjacent to an activating group) is 1. The van der Waals surface area contributed by atoms with Crippen molar-refractivity contribution in [3.63, 3.8) is 0 Å². The van der Waals surface area contributed by atoms with Crippen LogP contribution in [0.25, 0.3) is 0 Å². The molecule has 1 aromatic carbocycles. The zero-order valence-corrected chi connectivity index (χ0v) is 14.9. The van der Waals surface area contributed by atoms with E-state index in [9.17, 15) is 9.60 Å². The van der Waals surface area contributed by atoms with Crippen LogP contribution in [0.5, 0.6) is 0 Å². The van der Waals surface area contributed by atoms with Crippen LogP contribution in [0.3, 0.4) is 0 Å². The molecule has 1 aromatic heterocycles. The Hall–Kier alpha value is -2.23. The van der Waals surface area contributed by atoms with Crippen molar-refractivity contribution in [1.82, 2.24) is 20.5 Å². The van der Waals surface area contributed by atoms with Gasteiger partial charge < -0.3 is 20.7 Å². The van der Waals surface area contributed by atoms with Crippen molar-refractivity contribution in [3.05, 3.63) is 40.4 Å². The minimum atomic E-state index is -0.544. The number of aromatic nitrogens is 2. The molecule has 0 saturated heterocycles. The molecule has 0 aliphatic rings. The van der Waals surface area contributed by atoms with Crippen LogP contribution in [-0.2, 0) is 6.54 Å². The lowest BCUT2D eigenvalue weighted by Gasteiger charge is -2.19. The summed E-state index contributed by atoms with van der Waals surface area (Å²) < 4.78 is 18.0. The van der Waals surface area contributed by atoms with Gasteiger partial charge in [-0.3, -0.25) is 0 Å². The van der Waals surface area contributed by atoms with Crippen LogP contribution in [-0.4, -0.2) is 52.9 Å². The minimum absolute atomic E-state index is 0.0152. The van der Waals surface area contributed by atoms with Gasteiger partial charge in [-0.2, -0.15) is 0 Å². The molecule has 136 valence electrons. The monoisotopic (exact) mass is 370 g/mol. The minimum Gasteiger partial charge on any atom is -0.409 e. The van der Waals surface area contributed by atoms with Gasteiger partial charge in [-0.1, -0.05) is 21.9 Å². The largest absolute Gasteiger partial charge is 0.409 e. The molecule has 0 amide bonds. The molecule has 0 aliphatic heterocycles. The first-order valence-electron chi connectivity index (χ1n) is 7.55. The molecule has 8 nitrogen and oxygen atoms in total. The molecule has 25 heavy (non-hydrogen) atoms. The van der Waals surface area contributed by atoms with E-state index in [1.54, 1.807) is 0 Å². The van der Waals surface area contributed by atoms with E-state index in [2.05, 4.69) is 37.9 Å². The number of amidine groups is 1. The lowest BCUT2D eigenvalue weighted by atomic mass is 10.2. The summed E-state index contributed by atoms with van der Waals surface area (Å²) in [6, 6.07) is 4.35. The third-order valence-electron chi connectivity index (χ3n) is 3.68. The maximum absolute atomic E-state index is 13.2. The summed E-state index contributed by atoms with van der Waals surface area (Å²) in [5.41, 5.74) is 1.15. The Bertz CT molecular complexity index is 737. The van der Waals surface area contributed by atoms with Gasteiger partial charge in [0.15, 0.2) is 5.69 Å². The van der Waals surface area contributed by atoms with Crippen LogP contribution in [0.2, 0.25) is 5.02 Å². The standard InChI is InChI=1S/C15H20ClFN6O2/c1-9(23(2)3)7-18-8-13-14(22-25-21-13)15(20-24)19-10-4-5-12(17)11(16)6-10/h4-6,9,18,24H,7-8H2,1-3H3,(H,19,20). The summed E-state index contributed by atoms with van der Waals surface area (Å²) in [4.78, 5) is 2.08. The Morgan fingerprint density at radius 3 is 2.84 bits per heavy atom. The van der Waals surface area contributed by atoms with E-state index < -0.39 is 5.82 Å². The quantitative estimate of drug-likeness (QED) is 0.297. The molecular weight excluding hydrogens is 351 g/mol. The van der Waals surface area contributed by atoms with Gasteiger partial charge >= 0.3 is 0 Å². The molecule has 0 fully saturated rings. The van der Waals surface area contributed by atoms with Crippen LogP contribution in [0, 0.1) is 5.82 Å². The predicted molar refractivity (Wildman–Crippen MR) is 92.5 cm³/mol. The van der Waals surface area contributed by atoms with Gasteiger partial charge in [0.05, 0.1) is 5.02 Å². The lowest BCUT2D eigenvalue weighted by molar-refractivity contribution is 0.293. The van der Waals surface area contributed by atoms with Gasteiger partial charge in [-0.25, -0.2) is 9.02 Å². The topological polar surface area (TPSA) is 98.8 Å². The van der Waals surface area contributed by atoms with Crippen LogP contribution < -0.4 is 10.6 Å². The van der Waals surface area contributed by atoms with Gasteiger partial charge in [0.1, 0.15) is 11.5 Å². The van der Waals surface area contributed by atoms with Crippen molar-refractivity contribution in [2.45, 2.75) is 19.5 Å². The Balaban J connectivity index is 2.06. The lowest BCUT2D eigenvalue weighted by Crippen LogP contribution is -2.35. The summed E-state index contributed by atoms with van der Waals surface area (Å²) in [7, 11) is 3.98. The Morgan fingerprint density at radius 1 is 1.44 bits per heavy atom. The highest BCUT2D eigenvalue weighted by molar-refractivity contribution is 6.31. The summed E-state index contributed by atoms with van der Waals surface area (Å²) in [6.45, 7) is 3.18. The number of nitrogens with one attached hydrogen (secondary N) is 2. The molecule has 1 atom stereocenters. The fraction of sp³-hybridized carbons (Fsp3) is 0.400. The number of rotatable bonds is 7. The molecule has 0 saturated carbocycles. The molecule has 2 rings (SSSR count). The molecule has 3 N–H and O–H groups in total. The van der Waals surface area contributed by atoms with E-state index in [-0.39, 0.29) is 16.6 Å². The molecule has 10 heteroatoms. The molecule has 0 aliphatic carbocycles. The fourth-order valence-corrected chi connectivity index (χ4v) is 2.11. The Labute approximate surface area is 149 Å². The molecule has 1 unspecified atom stereocenters. The van der Waals surface area contributed by atoms with Crippen molar-refractivity contribution in [1.29, 1.82) is 0 Å². The number of halogens is 2. The Kier molecular flexibility index (Phi) is 6.68. The highest BCUT2D eigenvalue weighted by Gasteiger charge is 2.18. The molecule has 0 spiro atoms. The molecule has 0 radical (unpaired) electrons. The summed E-state index contributed by atoms with van der Waals surface area (Å²) >= 11 is 5.74. The number of hydrogen-bond donors (Lipinski definition) is 3. The normalized spacial score (nSPS) is 13.3. The van der Waals surface area contributed by atoms with Crippen LogP contribution >= 0.6 is 11.6 Å². The zero-order chi connectivity index (χ0) is 18.4. The SMILES string of the molecule is CC(CNCc1nonc1/C(=N/O)Nc1ccc(F)c(Cl)c1)N(C)C. The highest BCUT2D eigenvalue weighted by atomic mass is 35.5. The van der Waals surface area contributed by atoms with E-state index >= 15 is 0 Å². The van der Waals surface area contributed by atoms with Gasteiger partial charge in [0, 0.05) is 24.8 Å². The van der Waals surface area contributed by atoms with Crippen LogP contribution in [0.1, 0.15) is 18.3 Å². The fourth-order valence-electron chi connectivity index (χ4n) is 1.93. The second-order valence-corrected chi connectivity index (χ2v) is 6.11. The highest BCUT2D eigenvalue weighted by Crippen LogP contribution is 2.20. The first-order valence-corrected chi connectivity index (χ1v) is 7.93. The van der Waals surface area contributed by atoms with Crippen molar-refractivity contribution in [2.75, 3.05) is 26.0 Å². The number of benzene rings is 1. The summed E-state index contributed by atoms with van der Waals surface area (Å²) in [6.07, 6.45) is 0. The average Bonchev–Trinajstić information content (AvgIpc) is 3.04. The van der Waals surface area contributed by atoms with E-state index in [1.807, 2.05) is 14.1 Å². The third-order valence-corrected chi connectivity index (χ3v) is 3.97. The second-order valence-electron chi connectivity index (χ2n) is 5.71. The van der Waals surface area contributed by atoms with Gasteiger partial charge in [0.25, 0.3) is 0 Å². The zero-order valence-electron chi connectivity index (χ0n) is 14.1. The van der Waals surface area contributed by atoms with E-state index in [0.717, 1.165) is 6.54 Å². The van der Waals surface area contributed by atoms with Gasteiger partial charge in [-0.15, -0.1) is 0 Å². The maximum atomic E-state index is 13.2. The van der Waals surface area contributed by atoms with Crippen molar-refractivity contribution in [2.24, 2.45) is 5.16 Å².